The van der Waals surface area contributed by atoms with Crippen molar-refractivity contribution in [3.8, 4) is 0 Å². The number of aliphatic carboxylic acids is 1. The summed E-state index contributed by atoms with van der Waals surface area (Å²) < 4.78 is 22.9. The number of quaternary nitrogens is 1. The van der Waals surface area contributed by atoms with Crippen molar-refractivity contribution in [3.05, 3.63) is 146 Å². The zero-order chi connectivity index (χ0) is 61.2. The van der Waals surface area contributed by atoms with Crippen LogP contribution < -0.4 is 0 Å². The summed E-state index contributed by atoms with van der Waals surface area (Å²) in [7, 11) is 5.95. The highest BCUT2D eigenvalue weighted by Crippen LogP contribution is 2.16. The van der Waals surface area contributed by atoms with E-state index in [1.54, 1.807) is 0 Å². The number of ether oxygens (including phenoxy) is 4. The lowest BCUT2D eigenvalue weighted by Gasteiger charge is -2.25. The second-order valence-corrected chi connectivity index (χ2v) is 23.1. The molecule has 0 aliphatic carbocycles. The summed E-state index contributed by atoms with van der Waals surface area (Å²) >= 11 is 0. The first-order valence-corrected chi connectivity index (χ1v) is 33.5. The zero-order valence-electron chi connectivity index (χ0n) is 54.3. The molecule has 0 aromatic heterocycles. The molecule has 2 atom stereocenters. The summed E-state index contributed by atoms with van der Waals surface area (Å²) in [6.07, 6.45) is 91.0. The first kappa shape index (κ1) is 79.2. The standard InChI is InChI=1S/C75H123NO8/c1-6-8-10-12-14-16-18-20-22-24-26-28-29-30-31-32-33-34-35-36-37-38-39-40-41-42-43-44-45-46-48-50-52-54-56-58-60-62-64-66-73(78)84-71(70-83-75(74(79)80)81-68-67-76(3,4)5)69-82-72(77)65-63-61-59-57-55-53-51-49-47-27-25-23-21-19-17-15-13-11-9-7-2/h8,10,14,16,20,22,26,28,30-31,33-34,36-37,39-40,42-43,45-46,50,52,56,58,71,75H,6-7,9,11-13,15,17-19,21,23-25,27,29,32,35,38,41,44,47-49,51,53-55,57,59-70H2,1-5H3/p+1/b10-8-,16-14-,22-20-,28-26-,31-30-,34-33-,37-36-,40-39-,43-42-,46-45-,52-50-,58-56-. The van der Waals surface area contributed by atoms with Gasteiger partial charge in [0.2, 0.25) is 0 Å². The molecule has 0 saturated carbocycles. The highest BCUT2D eigenvalue weighted by atomic mass is 16.7. The van der Waals surface area contributed by atoms with Crippen LogP contribution in [0.1, 0.15) is 251 Å². The van der Waals surface area contributed by atoms with Crippen molar-refractivity contribution in [2.75, 3.05) is 47.5 Å². The summed E-state index contributed by atoms with van der Waals surface area (Å²) in [4.78, 5) is 37.5. The quantitative estimate of drug-likeness (QED) is 0.0211. The maximum atomic E-state index is 12.9. The van der Waals surface area contributed by atoms with E-state index in [4.69, 9.17) is 18.9 Å². The van der Waals surface area contributed by atoms with Crippen LogP contribution in [0.5, 0.6) is 0 Å². The van der Waals surface area contributed by atoms with E-state index in [1.165, 1.54) is 109 Å². The topological polar surface area (TPSA) is 108 Å². The van der Waals surface area contributed by atoms with Gasteiger partial charge in [-0.15, -0.1) is 0 Å². The van der Waals surface area contributed by atoms with Gasteiger partial charge >= 0.3 is 17.9 Å². The van der Waals surface area contributed by atoms with Crippen LogP contribution in [0.25, 0.3) is 0 Å². The van der Waals surface area contributed by atoms with Gasteiger partial charge in [-0.25, -0.2) is 4.79 Å². The van der Waals surface area contributed by atoms with Gasteiger partial charge in [0, 0.05) is 12.8 Å². The van der Waals surface area contributed by atoms with Gasteiger partial charge in [0.1, 0.15) is 13.2 Å². The van der Waals surface area contributed by atoms with E-state index in [1.807, 2.05) is 21.1 Å². The molecule has 0 radical (unpaired) electrons. The fourth-order valence-electron chi connectivity index (χ4n) is 8.76. The molecule has 9 nitrogen and oxygen atoms in total. The number of carboxylic acid groups (broad SMARTS) is 1. The second-order valence-electron chi connectivity index (χ2n) is 23.1. The number of hydrogen-bond acceptors (Lipinski definition) is 7. The number of nitrogens with zero attached hydrogens (tertiary/aromatic N) is 1. The molecule has 0 heterocycles. The van der Waals surface area contributed by atoms with Gasteiger partial charge in [0.05, 0.1) is 34.4 Å². The molecule has 0 aliphatic heterocycles. The minimum atomic E-state index is -1.53. The average molecular weight is 1170 g/mol. The summed E-state index contributed by atoms with van der Waals surface area (Å²) in [5.41, 5.74) is 0. The van der Waals surface area contributed by atoms with Gasteiger partial charge in [-0.3, -0.25) is 9.59 Å². The van der Waals surface area contributed by atoms with Crippen molar-refractivity contribution in [2.24, 2.45) is 0 Å². The van der Waals surface area contributed by atoms with Crippen molar-refractivity contribution in [1.82, 2.24) is 0 Å². The van der Waals surface area contributed by atoms with E-state index in [0.29, 0.717) is 17.4 Å². The zero-order valence-corrected chi connectivity index (χ0v) is 54.3. The van der Waals surface area contributed by atoms with E-state index in [9.17, 15) is 19.5 Å². The van der Waals surface area contributed by atoms with Crippen LogP contribution >= 0.6 is 0 Å². The van der Waals surface area contributed by atoms with Gasteiger partial charge in [-0.05, 0) is 103 Å². The third-order valence-electron chi connectivity index (χ3n) is 13.9. The molecule has 1 N–H and O–H groups in total. The van der Waals surface area contributed by atoms with Gasteiger partial charge in [0.15, 0.2) is 6.10 Å². The van der Waals surface area contributed by atoms with Gasteiger partial charge in [0.25, 0.3) is 6.29 Å². The third kappa shape index (κ3) is 64.7. The van der Waals surface area contributed by atoms with Crippen LogP contribution in [-0.2, 0) is 33.3 Å². The molecule has 84 heavy (non-hydrogen) atoms. The lowest BCUT2D eigenvalue weighted by atomic mass is 10.0. The Morgan fingerprint density at radius 2 is 0.679 bits per heavy atom. The fourth-order valence-corrected chi connectivity index (χ4v) is 8.76. The summed E-state index contributed by atoms with van der Waals surface area (Å²) in [5, 5.41) is 9.72. The number of rotatable bonds is 60. The van der Waals surface area contributed by atoms with Crippen molar-refractivity contribution < 1.29 is 42.9 Å². The predicted molar refractivity (Wildman–Crippen MR) is 359 cm³/mol. The Labute approximate surface area is 515 Å². The molecule has 0 spiro atoms. The number of esters is 2. The minimum Gasteiger partial charge on any atom is -0.477 e. The van der Waals surface area contributed by atoms with Gasteiger partial charge in [-0.1, -0.05) is 282 Å². The molecular formula is C75H124NO8+. The lowest BCUT2D eigenvalue weighted by Crippen LogP contribution is -2.40. The molecule has 2 unspecified atom stereocenters. The summed E-state index contributed by atoms with van der Waals surface area (Å²) in [6.45, 7) is 4.72. The van der Waals surface area contributed by atoms with Crippen molar-refractivity contribution >= 4 is 17.9 Å². The molecule has 0 fully saturated rings. The first-order valence-electron chi connectivity index (χ1n) is 33.5. The smallest absolute Gasteiger partial charge is 0.361 e. The van der Waals surface area contributed by atoms with Crippen LogP contribution in [0.4, 0.5) is 0 Å². The van der Waals surface area contributed by atoms with Crippen molar-refractivity contribution in [1.29, 1.82) is 0 Å². The molecular weight excluding hydrogens is 1040 g/mol. The largest absolute Gasteiger partial charge is 0.477 e. The Morgan fingerprint density at radius 3 is 1.01 bits per heavy atom. The molecule has 0 amide bonds. The van der Waals surface area contributed by atoms with Crippen LogP contribution in [0.2, 0.25) is 0 Å². The van der Waals surface area contributed by atoms with E-state index >= 15 is 0 Å². The summed E-state index contributed by atoms with van der Waals surface area (Å²) in [5.74, 6) is -2.07. The van der Waals surface area contributed by atoms with Crippen molar-refractivity contribution in [2.45, 2.75) is 264 Å². The van der Waals surface area contributed by atoms with Gasteiger partial charge < -0.3 is 28.5 Å². The van der Waals surface area contributed by atoms with E-state index in [2.05, 4.69) is 160 Å². The predicted octanol–water partition coefficient (Wildman–Crippen LogP) is 20.7. The van der Waals surface area contributed by atoms with E-state index < -0.39 is 24.3 Å². The van der Waals surface area contributed by atoms with E-state index in [0.717, 1.165) is 109 Å². The molecule has 0 saturated heterocycles. The molecule has 0 aliphatic rings. The van der Waals surface area contributed by atoms with Gasteiger partial charge in [-0.2, -0.15) is 0 Å². The van der Waals surface area contributed by atoms with Crippen LogP contribution in [-0.4, -0.2) is 87.4 Å². The number of carbonyl (C=O) groups is 3. The molecule has 0 aromatic carbocycles. The third-order valence-corrected chi connectivity index (χ3v) is 13.9. The number of allylic oxidation sites excluding steroid dienone is 24. The Balaban J connectivity index is 4.28. The number of unbranched alkanes of at least 4 members (excludes halogenated alkanes) is 21. The minimum absolute atomic E-state index is 0.173. The Bertz CT molecular complexity index is 1890. The SMILES string of the molecule is CC/C=C\C/C=C\C/C=C\C/C=C\C/C=C\C/C=C\C/C=C\C/C=C\C/C=C\C/C=C\C/C=C\C/C=C\CCCCC(=O)OC(COC(=O)CCCCCCCCCCCCCCCCCCCCCC)COC(OCC[N+](C)(C)C)C(=O)O. The van der Waals surface area contributed by atoms with Crippen molar-refractivity contribution in [3.63, 3.8) is 0 Å². The van der Waals surface area contributed by atoms with Crippen LogP contribution in [0.3, 0.4) is 0 Å². The average Bonchev–Trinajstić information content (AvgIpc) is 3.52. The number of likely N-dealkylation sites (N-methyl/N-ethyl adjacent to an activating group) is 1. The molecule has 0 aromatic rings. The number of carboxylic acids is 1. The highest BCUT2D eigenvalue weighted by Gasteiger charge is 2.25. The fraction of sp³-hybridized carbons (Fsp3) is 0.640. The number of carbonyl (C=O) groups excluding carboxylic acids is 2. The summed E-state index contributed by atoms with van der Waals surface area (Å²) in [6, 6.07) is 0. The monoisotopic (exact) mass is 1170 g/mol. The maximum absolute atomic E-state index is 12.9. The molecule has 476 valence electrons. The second kappa shape index (κ2) is 64.2. The highest BCUT2D eigenvalue weighted by molar-refractivity contribution is 5.71. The lowest BCUT2D eigenvalue weighted by molar-refractivity contribution is -0.870. The Hall–Kier alpha value is -4.83. The Kier molecular flexibility index (Phi) is 60.5. The molecule has 9 heteroatoms. The molecule has 0 bridgehead atoms. The van der Waals surface area contributed by atoms with Crippen LogP contribution in [0.15, 0.2) is 146 Å². The Morgan fingerprint density at radius 1 is 0.369 bits per heavy atom. The maximum Gasteiger partial charge on any atom is 0.361 e. The number of hydrogen-bond donors (Lipinski definition) is 1. The molecule has 0 rings (SSSR count). The first-order chi connectivity index (χ1) is 41.1. The van der Waals surface area contributed by atoms with E-state index in [-0.39, 0.29) is 38.6 Å². The normalized spacial score (nSPS) is 13.7. The van der Waals surface area contributed by atoms with Crippen LogP contribution in [0, 0.1) is 0 Å².